The lowest BCUT2D eigenvalue weighted by Gasteiger charge is -2.14. The molecule has 0 radical (unpaired) electrons. The van der Waals surface area contributed by atoms with E-state index in [2.05, 4.69) is 15.2 Å². The van der Waals surface area contributed by atoms with Gasteiger partial charge in [-0.1, -0.05) is 12.1 Å². The van der Waals surface area contributed by atoms with Gasteiger partial charge in [-0.2, -0.15) is 0 Å². The monoisotopic (exact) mass is 359 g/mol. The number of carbonyl (C=O) groups excluding carboxylic acids is 1. The second kappa shape index (κ2) is 6.99. The summed E-state index contributed by atoms with van der Waals surface area (Å²) in [7, 11) is 0. The van der Waals surface area contributed by atoms with Crippen LogP contribution in [0.15, 0.2) is 42.7 Å². The molecule has 0 atom stereocenters. The van der Waals surface area contributed by atoms with Gasteiger partial charge >= 0.3 is 5.97 Å². The number of carbonyl (C=O) groups is 1. The first-order valence-electron chi connectivity index (χ1n) is 7.84. The van der Waals surface area contributed by atoms with Gasteiger partial charge in [0.25, 0.3) is 11.8 Å². The minimum atomic E-state index is -3.02. The van der Waals surface area contributed by atoms with Gasteiger partial charge in [-0.3, -0.25) is 4.98 Å². The summed E-state index contributed by atoms with van der Waals surface area (Å²) < 4.78 is 37.7. The number of hydrogen-bond donors (Lipinski definition) is 0. The van der Waals surface area contributed by atoms with E-state index in [1.807, 2.05) is 0 Å². The quantitative estimate of drug-likeness (QED) is 0.639. The van der Waals surface area contributed by atoms with Crippen LogP contribution < -0.4 is 4.74 Å². The van der Waals surface area contributed by atoms with Gasteiger partial charge in [-0.15, -0.1) is 10.2 Å². The average molecular weight is 359 g/mol. The highest BCUT2D eigenvalue weighted by atomic mass is 19.3. The minimum Gasteiger partial charge on any atom is -0.462 e. The highest BCUT2D eigenvalue weighted by Gasteiger charge is 2.25. The summed E-state index contributed by atoms with van der Waals surface area (Å²) in [5.41, 5.74) is 0.232. The van der Waals surface area contributed by atoms with E-state index >= 15 is 0 Å². The van der Waals surface area contributed by atoms with Gasteiger partial charge in [0, 0.05) is 24.1 Å². The number of hydrogen-bond acceptors (Lipinski definition) is 6. The number of aromatic nitrogens is 3. The molecule has 1 aromatic carbocycles. The Morgan fingerprint density at radius 1 is 1.23 bits per heavy atom. The Morgan fingerprint density at radius 3 is 2.77 bits per heavy atom. The minimum absolute atomic E-state index is 0.0629. The number of esters is 1. The van der Waals surface area contributed by atoms with Crippen molar-refractivity contribution >= 4 is 16.9 Å². The first kappa shape index (κ1) is 17.7. The van der Waals surface area contributed by atoms with Crippen LogP contribution in [0.5, 0.6) is 11.6 Å². The number of alkyl halides is 2. The van der Waals surface area contributed by atoms with E-state index in [-0.39, 0.29) is 29.4 Å². The van der Waals surface area contributed by atoms with Crippen molar-refractivity contribution in [3.63, 3.8) is 0 Å². The number of pyridine rings is 1. The number of ether oxygens (including phenoxy) is 2. The number of fused-ring (bicyclic) bond motifs is 1. The number of halogens is 2. The van der Waals surface area contributed by atoms with E-state index in [9.17, 15) is 13.6 Å². The molecule has 0 saturated carbocycles. The van der Waals surface area contributed by atoms with Crippen LogP contribution in [0.2, 0.25) is 0 Å². The molecule has 0 fully saturated rings. The summed E-state index contributed by atoms with van der Waals surface area (Å²) >= 11 is 0. The average Bonchev–Trinajstić information content (AvgIpc) is 2.61. The van der Waals surface area contributed by atoms with E-state index in [0.717, 1.165) is 6.92 Å². The van der Waals surface area contributed by atoms with E-state index < -0.39 is 11.9 Å². The summed E-state index contributed by atoms with van der Waals surface area (Å²) in [4.78, 5) is 16.3. The molecule has 0 bridgehead atoms. The normalized spacial score (nSPS) is 11.4. The third-order valence-electron chi connectivity index (χ3n) is 3.57. The van der Waals surface area contributed by atoms with Gasteiger partial charge in [0.2, 0.25) is 0 Å². The van der Waals surface area contributed by atoms with Crippen molar-refractivity contribution in [1.29, 1.82) is 0 Å². The van der Waals surface area contributed by atoms with Crippen LogP contribution in [-0.4, -0.2) is 27.8 Å². The van der Waals surface area contributed by atoms with Crippen LogP contribution in [0.1, 0.15) is 29.8 Å². The Morgan fingerprint density at radius 2 is 2.04 bits per heavy atom. The first-order valence-corrected chi connectivity index (χ1v) is 7.84. The number of nitrogens with zero attached hydrogens (tertiary/aromatic N) is 3. The summed E-state index contributed by atoms with van der Waals surface area (Å²) in [5.74, 6) is -3.69. The number of rotatable bonds is 5. The summed E-state index contributed by atoms with van der Waals surface area (Å²) in [5, 5.41) is 8.30. The van der Waals surface area contributed by atoms with Crippen molar-refractivity contribution in [1.82, 2.24) is 15.2 Å². The zero-order valence-corrected chi connectivity index (χ0v) is 14.1. The molecule has 0 amide bonds. The van der Waals surface area contributed by atoms with Crippen molar-refractivity contribution in [2.24, 2.45) is 0 Å². The van der Waals surface area contributed by atoms with E-state index in [0.29, 0.717) is 10.9 Å². The lowest BCUT2D eigenvalue weighted by atomic mass is 10.1. The molecular weight excluding hydrogens is 344 g/mol. The molecule has 6 nitrogen and oxygen atoms in total. The van der Waals surface area contributed by atoms with Crippen molar-refractivity contribution in [2.45, 2.75) is 19.8 Å². The fourth-order valence-corrected chi connectivity index (χ4v) is 2.36. The second-order valence-corrected chi connectivity index (χ2v) is 5.51. The Hall–Kier alpha value is -3.16. The Kier molecular flexibility index (Phi) is 4.75. The molecule has 0 aliphatic carbocycles. The Balaban J connectivity index is 2.08. The largest absolute Gasteiger partial charge is 0.462 e. The molecule has 0 aliphatic rings. The van der Waals surface area contributed by atoms with E-state index in [1.165, 1.54) is 36.7 Å². The summed E-state index contributed by atoms with van der Waals surface area (Å²) in [6.07, 6.45) is 2.95. The van der Waals surface area contributed by atoms with Crippen molar-refractivity contribution in [3.05, 3.63) is 53.9 Å². The van der Waals surface area contributed by atoms with Crippen molar-refractivity contribution in [3.8, 4) is 11.6 Å². The SMILES string of the molecule is CCOC(=O)c1c(Oc2cccc(C(C)(F)F)c2)nnc2cnccc12. The molecular formula is C18H15F2N3O3. The predicted octanol–water partition coefficient (Wildman–Crippen LogP) is 4.11. The standard InChI is InChI=1S/C18H15F2N3O3/c1-3-25-17(24)15-13-7-8-21-10-14(13)22-23-16(15)26-12-6-4-5-11(9-12)18(2,19)20/h4-10H,3H2,1-2H3. The zero-order chi connectivity index (χ0) is 18.7. The third kappa shape index (κ3) is 3.58. The molecule has 0 aliphatic heterocycles. The van der Waals surface area contributed by atoms with Crippen molar-refractivity contribution in [2.75, 3.05) is 6.61 Å². The second-order valence-electron chi connectivity index (χ2n) is 5.51. The van der Waals surface area contributed by atoms with Gasteiger partial charge in [-0.25, -0.2) is 13.6 Å². The molecule has 0 unspecified atom stereocenters. The van der Waals surface area contributed by atoms with Gasteiger partial charge in [-0.05, 0) is 25.1 Å². The summed E-state index contributed by atoms with van der Waals surface area (Å²) in [6.45, 7) is 2.62. The molecule has 3 rings (SSSR count). The molecule has 134 valence electrons. The first-order chi connectivity index (χ1) is 12.4. The maximum Gasteiger partial charge on any atom is 0.344 e. The summed E-state index contributed by atoms with van der Waals surface area (Å²) in [6, 6.07) is 6.98. The molecule has 3 aromatic rings. The Bertz CT molecular complexity index is 958. The zero-order valence-electron chi connectivity index (χ0n) is 14.1. The van der Waals surface area contributed by atoms with Gasteiger partial charge < -0.3 is 9.47 Å². The fourth-order valence-electron chi connectivity index (χ4n) is 2.36. The Labute approximate surface area is 147 Å². The molecule has 0 saturated heterocycles. The van der Waals surface area contributed by atoms with Gasteiger partial charge in [0.1, 0.15) is 16.8 Å². The highest BCUT2D eigenvalue weighted by Crippen LogP contribution is 2.32. The van der Waals surface area contributed by atoms with Crippen LogP contribution in [0.25, 0.3) is 10.9 Å². The lowest BCUT2D eigenvalue weighted by Crippen LogP contribution is -2.10. The smallest absolute Gasteiger partial charge is 0.344 e. The molecule has 26 heavy (non-hydrogen) atoms. The fraction of sp³-hybridized carbons (Fsp3) is 0.222. The third-order valence-corrected chi connectivity index (χ3v) is 3.57. The van der Waals surface area contributed by atoms with Crippen LogP contribution in [0.4, 0.5) is 8.78 Å². The highest BCUT2D eigenvalue weighted by molar-refractivity contribution is 6.05. The van der Waals surface area contributed by atoms with E-state index in [4.69, 9.17) is 9.47 Å². The molecule has 2 aromatic heterocycles. The van der Waals surface area contributed by atoms with Gasteiger partial charge in [0.15, 0.2) is 0 Å². The lowest BCUT2D eigenvalue weighted by molar-refractivity contribution is 0.0172. The maximum atomic E-state index is 13.5. The molecule has 8 heteroatoms. The van der Waals surface area contributed by atoms with Gasteiger partial charge in [0.05, 0.1) is 12.8 Å². The molecule has 0 N–H and O–H groups in total. The maximum absolute atomic E-state index is 13.5. The molecule has 2 heterocycles. The number of benzene rings is 1. The van der Waals surface area contributed by atoms with E-state index in [1.54, 1.807) is 13.0 Å². The van der Waals surface area contributed by atoms with Crippen LogP contribution in [0.3, 0.4) is 0 Å². The van der Waals surface area contributed by atoms with Crippen LogP contribution >= 0.6 is 0 Å². The molecule has 0 spiro atoms. The van der Waals surface area contributed by atoms with Crippen LogP contribution in [0, 0.1) is 0 Å². The predicted molar refractivity (Wildman–Crippen MR) is 89.4 cm³/mol. The topological polar surface area (TPSA) is 74.2 Å². The van der Waals surface area contributed by atoms with Crippen LogP contribution in [-0.2, 0) is 10.7 Å². The van der Waals surface area contributed by atoms with Crippen molar-refractivity contribution < 1.29 is 23.0 Å².